The van der Waals surface area contributed by atoms with Gasteiger partial charge in [0.05, 0.1) is 25.4 Å². The Balaban J connectivity index is 0.000000211. The number of carbonyl (C=O) groups is 2. The van der Waals surface area contributed by atoms with Gasteiger partial charge in [-0.3, -0.25) is 9.47 Å². The topological polar surface area (TPSA) is 79.2 Å². The van der Waals surface area contributed by atoms with Crippen molar-refractivity contribution in [1.29, 1.82) is 0 Å². The molecule has 2 aromatic carbocycles. The number of ether oxygens (including phenoxy) is 4. The van der Waals surface area contributed by atoms with Gasteiger partial charge in [-0.05, 0) is 103 Å². The number of aromatic nitrogens is 1. The van der Waals surface area contributed by atoms with E-state index in [1.165, 1.54) is 10.1 Å². The summed E-state index contributed by atoms with van der Waals surface area (Å²) < 4.78 is 22.9. The van der Waals surface area contributed by atoms with Gasteiger partial charge in [-0.25, -0.2) is 9.59 Å². The van der Waals surface area contributed by atoms with Crippen LogP contribution >= 0.6 is 0 Å². The number of hydrogen-bond donors (Lipinski definition) is 0. The number of anilines is 1. The van der Waals surface area contributed by atoms with Gasteiger partial charge in [0.2, 0.25) is 0 Å². The summed E-state index contributed by atoms with van der Waals surface area (Å²) in [6.07, 6.45) is 1.92. The van der Waals surface area contributed by atoms with Gasteiger partial charge in [0.15, 0.2) is 0 Å². The van der Waals surface area contributed by atoms with Crippen molar-refractivity contribution in [3.05, 3.63) is 53.2 Å². The van der Waals surface area contributed by atoms with Crippen LogP contribution in [0.15, 0.2) is 36.5 Å². The molecule has 0 saturated heterocycles. The van der Waals surface area contributed by atoms with Gasteiger partial charge in [-0.1, -0.05) is 0 Å². The Bertz CT molecular complexity index is 1330. The molecule has 4 rings (SSSR count). The van der Waals surface area contributed by atoms with E-state index >= 15 is 0 Å². The first-order chi connectivity index (χ1) is 17.7. The van der Waals surface area contributed by atoms with Crippen molar-refractivity contribution in [2.24, 2.45) is 0 Å². The minimum absolute atomic E-state index is 0.282. The van der Waals surface area contributed by atoms with E-state index in [1.54, 1.807) is 25.3 Å². The first-order valence-electron chi connectivity index (χ1n) is 12.7. The van der Waals surface area contributed by atoms with E-state index in [0.717, 1.165) is 45.6 Å². The second-order valence-corrected chi connectivity index (χ2v) is 11.3. The molecule has 1 aromatic heterocycles. The number of hydrogen-bond acceptors (Lipinski definition) is 6. The van der Waals surface area contributed by atoms with E-state index in [4.69, 9.17) is 18.9 Å². The molecular weight excluding hydrogens is 484 g/mol. The van der Waals surface area contributed by atoms with Gasteiger partial charge in [0, 0.05) is 23.7 Å². The molecule has 0 fully saturated rings. The first kappa shape index (κ1) is 28.9. The second kappa shape index (κ2) is 11.0. The Labute approximate surface area is 225 Å². The van der Waals surface area contributed by atoms with Crippen molar-refractivity contribution in [3.63, 3.8) is 0 Å². The number of benzene rings is 2. The Morgan fingerprint density at radius 3 is 1.89 bits per heavy atom. The second-order valence-electron chi connectivity index (χ2n) is 11.3. The highest BCUT2D eigenvalue weighted by Gasteiger charge is 2.30. The molecule has 0 N–H and O–H groups in total. The number of carbonyl (C=O) groups excluding carboxylic acids is 2. The minimum Gasteiger partial charge on any atom is -0.496 e. The lowest BCUT2D eigenvalue weighted by Crippen LogP contribution is -2.35. The minimum atomic E-state index is -0.505. The molecule has 1 amide bonds. The van der Waals surface area contributed by atoms with E-state index in [0.29, 0.717) is 6.54 Å². The largest absolute Gasteiger partial charge is 0.496 e. The number of aryl methyl sites for hydroxylation is 1. The van der Waals surface area contributed by atoms with Crippen LogP contribution in [0.5, 0.6) is 11.5 Å². The average Bonchev–Trinajstić information content (AvgIpc) is 3.43. The van der Waals surface area contributed by atoms with E-state index in [9.17, 15) is 9.59 Å². The fraction of sp³-hybridized carbons (Fsp3) is 0.467. The van der Waals surface area contributed by atoms with Crippen LogP contribution < -0.4 is 14.4 Å². The summed E-state index contributed by atoms with van der Waals surface area (Å²) >= 11 is 0. The molecule has 1 aliphatic rings. The lowest BCUT2D eigenvalue weighted by molar-refractivity contribution is 0.0541. The predicted octanol–water partition coefficient (Wildman–Crippen LogP) is 7.04. The molecule has 2 heterocycles. The maximum Gasteiger partial charge on any atom is 0.418 e. The fourth-order valence-corrected chi connectivity index (χ4v) is 4.40. The van der Waals surface area contributed by atoms with Crippen LogP contribution in [0.3, 0.4) is 0 Å². The summed E-state index contributed by atoms with van der Waals surface area (Å²) in [5.74, 6) is 1.68. The molecule has 8 nitrogen and oxygen atoms in total. The molecule has 8 heteroatoms. The first-order valence-corrected chi connectivity index (χ1v) is 12.7. The quantitative estimate of drug-likeness (QED) is 0.358. The monoisotopic (exact) mass is 524 g/mol. The Morgan fingerprint density at radius 2 is 1.32 bits per heavy atom. The molecule has 0 bridgehead atoms. The highest BCUT2D eigenvalue weighted by Crippen LogP contribution is 2.36. The van der Waals surface area contributed by atoms with Crippen LogP contribution in [-0.4, -0.2) is 48.7 Å². The summed E-state index contributed by atoms with van der Waals surface area (Å²) in [5, 5.41) is 0.991. The van der Waals surface area contributed by atoms with Gasteiger partial charge >= 0.3 is 12.2 Å². The van der Waals surface area contributed by atoms with Crippen LogP contribution in [-0.2, 0) is 15.9 Å². The molecule has 0 saturated carbocycles. The van der Waals surface area contributed by atoms with Crippen molar-refractivity contribution in [3.8, 4) is 11.5 Å². The summed E-state index contributed by atoms with van der Waals surface area (Å²) in [6, 6.07) is 9.45. The third-order valence-corrected chi connectivity index (χ3v) is 6.14. The van der Waals surface area contributed by atoms with Gasteiger partial charge in [0.25, 0.3) is 0 Å². The van der Waals surface area contributed by atoms with E-state index in [2.05, 4.69) is 0 Å². The molecule has 0 radical (unpaired) electrons. The molecule has 38 heavy (non-hydrogen) atoms. The number of nitrogens with zero attached hydrogens (tertiary/aromatic N) is 2. The third-order valence-electron chi connectivity index (χ3n) is 6.14. The zero-order valence-corrected chi connectivity index (χ0v) is 24.2. The average molecular weight is 525 g/mol. The molecule has 0 atom stereocenters. The van der Waals surface area contributed by atoms with Gasteiger partial charge in [-0.15, -0.1) is 0 Å². The van der Waals surface area contributed by atoms with Crippen LogP contribution in [0.25, 0.3) is 10.9 Å². The Kier molecular flexibility index (Phi) is 8.34. The number of fused-ring (bicyclic) bond motifs is 2. The third kappa shape index (κ3) is 6.41. The lowest BCUT2D eigenvalue weighted by Gasteiger charge is -2.25. The molecule has 0 spiro atoms. The molecule has 3 aromatic rings. The van der Waals surface area contributed by atoms with Crippen molar-refractivity contribution in [2.45, 2.75) is 73.0 Å². The van der Waals surface area contributed by atoms with Crippen LogP contribution in [0.2, 0.25) is 0 Å². The number of rotatable bonds is 2. The highest BCUT2D eigenvalue weighted by atomic mass is 16.6. The summed E-state index contributed by atoms with van der Waals surface area (Å²) in [6.45, 7) is 15.8. The normalized spacial score (nSPS) is 12.9. The molecule has 1 aliphatic heterocycles. The predicted molar refractivity (Wildman–Crippen MR) is 150 cm³/mol. The molecule has 0 aliphatic carbocycles. The van der Waals surface area contributed by atoms with Crippen molar-refractivity contribution in [2.75, 3.05) is 25.7 Å². The smallest absolute Gasteiger partial charge is 0.418 e. The fourth-order valence-electron chi connectivity index (χ4n) is 4.40. The lowest BCUT2D eigenvalue weighted by atomic mass is 10.1. The number of methoxy groups -OCH3 is 2. The van der Waals surface area contributed by atoms with Crippen molar-refractivity contribution in [1.82, 2.24) is 4.57 Å². The standard InChI is InChI=1S/C15H21NO3.C15H19NO3/c2*1-10-11-8-9-16(14(17)19-15(2,3)4)12(11)6-7-13(10)18-5/h6-7H,8-9H2,1-5H3;6-9H,1-5H3. The van der Waals surface area contributed by atoms with E-state index in [-0.39, 0.29) is 12.2 Å². The van der Waals surface area contributed by atoms with Gasteiger partial charge in [0.1, 0.15) is 22.7 Å². The summed E-state index contributed by atoms with van der Waals surface area (Å²) in [7, 11) is 3.30. The molecular formula is C30H40N2O6. The Hall–Kier alpha value is -3.68. The van der Waals surface area contributed by atoms with Crippen LogP contribution in [0.4, 0.5) is 15.3 Å². The SMILES string of the molecule is COc1ccc2c(c1C)CCN2C(=O)OC(C)(C)C.COc1ccc2c(ccn2C(=O)OC(C)(C)C)c1C. The van der Waals surface area contributed by atoms with Crippen LogP contribution in [0.1, 0.15) is 58.2 Å². The Morgan fingerprint density at radius 1 is 0.763 bits per heavy atom. The van der Waals surface area contributed by atoms with Crippen molar-refractivity contribution >= 4 is 28.8 Å². The van der Waals surface area contributed by atoms with E-state index in [1.807, 2.05) is 85.7 Å². The van der Waals surface area contributed by atoms with Gasteiger partial charge in [-0.2, -0.15) is 0 Å². The highest BCUT2D eigenvalue weighted by molar-refractivity contribution is 5.93. The summed E-state index contributed by atoms with van der Waals surface area (Å²) in [4.78, 5) is 26.0. The maximum atomic E-state index is 12.2. The van der Waals surface area contributed by atoms with Crippen molar-refractivity contribution < 1.29 is 28.5 Å². The van der Waals surface area contributed by atoms with E-state index < -0.39 is 11.2 Å². The molecule has 0 unspecified atom stereocenters. The zero-order chi connectivity index (χ0) is 28.4. The zero-order valence-electron chi connectivity index (χ0n) is 24.2. The van der Waals surface area contributed by atoms with Gasteiger partial charge < -0.3 is 18.9 Å². The maximum absolute atomic E-state index is 12.2. The summed E-state index contributed by atoms with van der Waals surface area (Å²) in [5.41, 5.74) is 4.08. The number of amides is 1. The van der Waals surface area contributed by atoms with Crippen LogP contribution in [0, 0.1) is 13.8 Å². The molecule has 206 valence electrons.